The molecule has 198 valence electrons. The van der Waals surface area contributed by atoms with Crippen LogP contribution in [0.1, 0.15) is 17.5 Å². The first-order chi connectivity index (χ1) is 18.0. The lowest BCUT2D eigenvalue weighted by atomic mass is 9.59. The fourth-order valence-corrected chi connectivity index (χ4v) is 6.32. The Kier molecular flexibility index (Phi) is 5.98. The Hall–Kier alpha value is -4.25. The summed E-state index contributed by atoms with van der Waals surface area (Å²) >= 11 is 0. The Morgan fingerprint density at radius 3 is 2.29 bits per heavy atom. The largest absolute Gasteiger partial charge is 0.510 e. The molecule has 5 rings (SSSR count). The number of Topliss-reactive ketones (excluding diaryl/α,β-unsaturated/α-hetero) is 2. The van der Waals surface area contributed by atoms with Gasteiger partial charge in [0.25, 0.3) is 5.91 Å². The predicted molar refractivity (Wildman–Crippen MR) is 138 cm³/mol. The molecule has 3 aliphatic rings. The van der Waals surface area contributed by atoms with Crippen molar-refractivity contribution in [3.05, 3.63) is 52.6 Å². The number of nitrogens with two attached hydrogens (primary N) is 1. The maximum atomic E-state index is 13.9. The van der Waals surface area contributed by atoms with E-state index in [0.717, 1.165) is 0 Å². The number of aromatic hydroxyl groups is 1. The number of nitrogens with zero attached hydrogens (tertiary/aromatic N) is 4. The number of ketones is 2. The van der Waals surface area contributed by atoms with E-state index in [9.17, 15) is 29.7 Å². The molecule has 1 amide bonds. The predicted octanol–water partition coefficient (Wildman–Crippen LogP) is 1.37. The molecule has 0 radical (unpaired) electrons. The van der Waals surface area contributed by atoms with Crippen molar-refractivity contribution >= 4 is 28.9 Å². The Morgan fingerprint density at radius 1 is 1.05 bits per heavy atom. The Bertz CT molecular complexity index is 1450. The third-order valence-corrected chi connectivity index (χ3v) is 7.83. The van der Waals surface area contributed by atoms with Crippen molar-refractivity contribution in [2.75, 3.05) is 33.1 Å². The molecule has 1 saturated carbocycles. The molecule has 1 fully saturated rings. The summed E-state index contributed by atoms with van der Waals surface area (Å²) in [5, 5.41) is 33.7. The molecule has 11 nitrogen and oxygen atoms in total. The highest BCUT2D eigenvalue weighted by molar-refractivity contribution is 6.28. The lowest BCUT2D eigenvalue weighted by Gasteiger charge is -2.46. The van der Waals surface area contributed by atoms with Crippen molar-refractivity contribution in [1.29, 1.82) is 0 Å². The van der Waals surface area contributed by atoms with Crippen LogP contribution in [0.25, 0.3) is 17.1 Å². The highest BCUT2D eigenvalue weighted by atomic mass is 16.3. The highest BCUT2D eigenvalue weighted by Crippen LogP contribution is 2.53. The van der Waals surface area contributed by atoms with Crippen LogP contribution in [0, 0.1) is 17.8 Å². The van der Waals surface area contributed by atoms with Gasteiger partial charge in [0.2, 0.25) is 0 Å². The quantitative estimate of drug-likeness (QED) is 0.342. The number of anilines is 1. The Labute approximate surface area is 218 Å². The van der Waals surface area contributed by atoms with Gasteiger partial charge < -0.3 is 26.0 Å². The van der Waals surface area contributed by atoms with Gasteiger partial charge in [0.1, 0.15) is 22.8 Å². The maximum Gasteiger partial charge on any atom is 0.255 e. The SMILES string of the molecule is CN(C)c1cc(-c2ncccn2)c(O)c2c1C[C@H]1C[C@@H]3C(C(=O)C(C(N)=O)=C(O)[C@H]3N(C)C)C(=O)C1=C2O. The normalized spacial score (nSPS) is 24.8. The number of hydrogen-bond donors (Lipinski definition) is 4. The van der Waals surface area contributed by atoms with Crippen molar-refractivity contribution in [2.24, 2.45) is 23.5 Å². The zero-order valence-corrected chi connectivity index (χ0v) is 21.5. The van der Waals surface area contributed by atoms with Crippen molar-refractivity contribution in [1.82, 2.24) is 14.9 Å². The first-order valence-electron chi connectivity index (χ1n) is 12.2. The summed E-state index contributed by atoms with van der Waals surface area (Å²) in [6.45, 7) is 0. The van der Waals surface area contributed by atoms with Crippen LogP contribution in [-0.4, -0.2) is 81.9 Å². The number of benzene rings is 1. The van der Waals surface area contributed by atoms with Gasteiger partial charge in [-0.1, -0.05) is 0 Å². The molecule has 4 atom stereocenters. The summed E-state index contributed by atoms with van der Waals surface area (Å²) < 4.78 is 0. The third kappa shape index (κ3) is 3.57. The molecule has 11 heteroatoms. The number of amides is 1. The van der Waals surface area contributed by atoms with Gasteiger partial charge in [-0.25, -0.2) is 9.97 Å². The molecule has 3 aliphatic carbocycles. The molecule has 5 N–H and O–H groups in total. The number of likely N-dealkylation sites (N-methyl/N-ethyl adjacent to an activating group) is 1. The second kappa shape index (κ2) is 8.95. The molecular weight excluding hydrogens is 490 g/mol. The van der Waals surface area contributed by atoms with E-state index in [-0.39, 0.29) is 34.7 Å². The van der Waals surface area contributed by atoms with Gasteiger partial charge in [-0.2, -0.15) is 0 Å². The topological polar surface area (TPSA) is 170 Å². The molecule has 0 aliphatic heterocycles. The van der Waals surface area contributed by atoms with Gasteiger partial charge in [0, 0.05) is 37.7 Å². The van der Waals surface area contributed by atoms with E-state index in [0.29, 0.717) is 17.7 Å². The molecule has 38 heavy (non-hydrogen) atoms. The van der Waals surface area contributed by atoms with E-state index in [1.807, 2.05) is 19.0 Å². The van der Waals surface area contributed by atoms with Gasteiger partial charge in [0.15, 0.2) is 17.4 Å². The number of carbonyl (C=O) groups is 3. The molecule has 0 saturated heterocycles. The first kappa shape index (κ1) is 25.4. The van der Waals surface area contributed by atoms with Crippen molar-refractivity contribution in [2.45, 2.75) is 18.9 Å². The van der Waals surface area contributed by atoms with Gasteiger partial charge in [-0.3, -0.25) is 19.3 Å². The van der Waals surface area contributed by atoms with Crippen LogP contribution in [-0.2, 0) is 20.8 Å². The number of aliphatic hydroxyl groups is 2. The minimum absolute atomic E-state index is 0.0287. The fraction of sp³-hybridized carbons (Fsp3) is 0.370. The van der Waals surface area contributed by atoms with Gasteiger partial charge in [-0.05, 0) is 56.5 Å². The van der Waals surface area contributed by atoms with Gasteiger partial charge in [-0.15, -0.1) is 0 Å². The standard InChI is InChI=1S/C27H29N5O6/c1-31(2)15-10-14(27-29-6-5-7-30-27)21(33)17-12(15)8-11-9-13-18(23(35)16(11)22(17)34)24(36)19(26(28)38)25(37)20(13)32(3)4/h5-7,10-11,13,18,20,33-34,37H,8-9H2,1-4H3,(H2,28,38)/t11-,13+,18?,20-/m0/s1. The lowest BCUT2D eigenvalue weighted by Crippen LogP contribution is -2.55. The number of aromatic nitrogens is 2. The Morgan fingerprint density at radius 2 is 1.71 bits per heavy atom. The summed E-state index contributed by atoms with van der Waals surface area (Å²) in [5.41, 5.74) is 6.59. The second-order valence-electron chi connectivity index (χ2n) is 10.4. The molecular formula is C27H29N5O6. The molecule has 1 aromatic heterocycles. The van der Waals surface area contributed by atoms with Crippen LogP contribution in [0.5, 0.6) is 5.75 Å². The number of carbonyl (C=O) groups excluding carboxylic acids is 3. The number of fused-ring (bicyclic) bond motifs is 3. The van der Waals surface area contributed by atoms with E-state index >= 15 is 0 Å². The van der Waals surface area contributed by atoms with Crippen LogP contribution in [0.3, 0.4) is 0 Å². The van der Waals surface area contributed by atoms with Crippen LogP contribution in [0.4, 0.5) is 5.69 Å². The van der Waals surface area contributed by atoms with Gasteiger partial charge in [0.05, 0.1) is 23.1 Å². The van der Waals surface area contributed by atoms with Crippen molar-refractivity contribution in [3.8, 4) is 17.1 Å². The third-order valence-electron chi connectivity index (χ3n) is 7.83. The summed E-state index contributed by atoms with van der Waals surface area (Å²) in [6.07, 6.45) is 3.66. The molecule has 0 bridgehead atoms. The molecule has 1 heterocycles. The van der Waals surface area contributed by atoms with Crippen molar-refractivity contribution < 1.29 is 29.7 Å². The maximum absolute atomic E-state index is 13.9. The smallest absolute Gasteiger partial charge is 0.255 e. The summed E-state index contributed by atoms with van der Waals surface area (Å²) in [4.78, 5) is 51.3. The van der Waals surface area contributed by atoms with E-state index in [1.54, 1.807) is 31.1 Å². The highest BCUT2D eigenvalue weighted by Gasteiger charge is 2.56. The van der Waals surface area contributed by atoms with Crippen LogP contribution < -0.4 is 10.6 Å². The summed E-state index contributed by atoms with van der Waals surface area (Å²) in [7, 11) is 7.03. The average molecular weight is 520 g/mol. The number of phenols is 1. The lowest BCUT2D eigenvalue weighted by molar-refractivity contribution is -0.136. The van der Waals surface area contributed by atoms with E-state index in [2.05, 4.69) is 9.97 Å². The monoisotopic (exact) mass is 519 g/mol. The zero-order valence-electron chi connectivity index (χ0n) is 21.5. The first-order valence-corrected chi connectivity index (χ1v) is 12.2. The minimum Gasteiger partial charge on any atom is -0.510 e. The molecule has 1 aromatic carbocycles. The summed E-state index contributed by atoms with van der Waals surface area (Å²) in [5.74, 6) is -5.88. The number of phenolic OH excluding ortho intramolecular Hbond substituents is 1. The summed E-state index contributed by atoms with van der Waals surface area (Å²) in [6, 6.07) is 2.60. The van der Waals surface area contributed by atoms with E-state index in [4.69, 9.17) is 5.73 Å². The van der Waals surface area contributed by atoms with Crippen LogP contribution in [0.15, 0.2) is 41.4 Å². The number of aliphatic hydroxyl groups excluding tert-OH is 2. The molecule has 2 aromatic rings. The number of allylic oxidation sites excluding steroid dienone is 1. The zero-order chi connectivity index (χ0) is 27.6. The molecule has 1 unspecified atom stereocenters. The van der Waals surface area contributed by atoms with Gasteiger partial charge >= 0.3 is 0 Å². The van der Waals surface area contributed by atoms with E-state index < -0.39 is 58.4 Å². The molecule has 0 spiro atoms. The second-order valence-corrected chi connectivity index (χ2v) is 10.4. The van der Waals surface area contributed by atoms with Crippen LogP contribution in [0.2, 0.25) is 0 Å². The fourth-order valence-electron chi connectivity index (χ4n) is 6.32. The van der Waals surface area contributed by atoms with E-state index in [1.165, 1.54) is 12.4 Å². The number of rotatable bonds is 4. The Balaban J connectivity index is 1.72. The number of primary amides is 1. The van der Waals surface area contributed by atoms with Crippen molar-refractivity contribution in [3.63, 3.8) is 0 Å². The average Bonchev–Trinajstić information content (AvgIpc) is 2.83. The minimum atomic E-state index is -1.30. The number of hydrogen-bond acceptors (Lipinski definition) is 10. The van der Waals surface area contributed by atoms with Crippen LogP contribution >= 0.6 is 0 Å².